The first kappa shape index (κ1) is 21.3. The van der Waals surface area contributed by atoms with Crippen molar-refractivity contribution in [2.24, 2.45) is 0 Å². The van der Waals surface area contributed by atoms with Crippen LogP contribution in [0.1, 0.15) is 64.6 Å². The molecule has 2 amide bonds. The Morgan fingerprint density at radius 3 is 2.76 bits per heavy atom. The molecular formula is C25H27N5O3. The second-order valence-electron chi connectivity index (χ2n) is 8.71. The standard InChI is InChI=1S/C25H27N5O3/c1-3-19-13-21(33-28-19)25(32)29-12-11-18(15-29)23-26-16(2)20-9-10-22(31)30(24(20)27-23)14-17-7-5-4-6-8-17/h4-8,13,18H,3,9-12,14-15H2,1-2H3. The monoisotopic (exact) mass is 445 g/mol. The molecule has 1 unspecified atom stereocenters. The molecule has 1 fully saturated rings. The molecule has 2 aromatic heterocycles. The second-order valence-corrected chi connectivity index (χ2v) is 8.71. The third kappa shape index (κ3) is 4.13. The molecular weight excluding hydrogens is 418 g/mol. The maximum Gasteiger partial charge on any atom is 0.292 e. The molecule has 0 radical (unpaired) electrons. The smallest absolute Gasteiger partial charge is 0.292 e. The summed E-state index contributed by atoms with van der Waals surface area (Å²) in [6, 6.07) is 11.7. The highest BCUT2D eigenvalue weighted by molar-refractivity contribution is 5.95. The quantitative estimate of drug-likeness (QED) is 0.597. The summed E-state index contributed by atoms with van der Waals surface area (Å²) in [6.07, 6.45) is 2.61. The van der Waals surface area contributed by atoms with Crippen molar-refractivity contribution in [3.63, 3.8) is 0 Å². The van der Waals surface area contributed by atoms with Crippen molar-refractivity contribution in [3.05, 3.63) is 70.5 Å². The molecule has 33 heavy (non-hydrogen) atoms. The average Bonchev–Trinajstić information content (AvgIpc) is 3.51. The molecule has 8 heteroatoms. The zero-order valence-electron chi connectivity index (χ0n) is 19.0. The van der Waals surface area contributed by atoms with Gasteiger partial charge < -0.3 is 9.42 Å². The van der Waals surface area contributed by atoms with Gasteiger partial charge in [0.05, 0.1) is 12.2 Å². The Morgan fingerprint density at radius 2 is 2.00 bits per heavy atom. The zero-order valence-corrected chi connectivity index (χ0v) is 19.0. The van der Waals surface area contributed by atoms with Crippen molar-refractivity contribution >= 4 is 17.6 Å². The lowest BCUT2D eigenvalue weighted by atomic mass is 10.0. The van der Waals surface area contributed by atoms with E-state index in [4.69, 9.17) is 14.5 Å². The Labute approximate surface area is 192 Å². The lowest BCUT2D eigenvalue weighted by molar-refractivity contribution is -0.119. The van der Waals surface area contributed by atoms with Crippen molar-refractivity contribution in [1.29, 1.82) is 0 Å². The lowest BCUT2D eigenvalue weighted by Gasteiger charge is -2.30. The van der Waals surface area contributed by atoms with E-state index in [1.165, 1.54) is 0 Å². The largest absolute Gasteiger partial charge is 0.351 e. The van der Waals surface area contributed by atoms with Gasteiger partial charge in [-0.2, -0.15) is 0 Å². The molecule has 0 N–H and O–H groups in total. The van der Waals surface area contributed by atoms with Crippen molar-refractivity contribution in [3.8, 4) is 0 Å². The summed E-state index contributed by atoms with van der Waals surface area (Å²) in [7, 11) is 0. The Hall–Kier alpha value is -3.55. The van der Waals surface area contributed by atoms with Crippen LogP contribution in [0.4, 0.5) is 5.82 Å². The molecule has 1 atom stereocenters. The summed E-state index contributed by atoms with van der Waals surface area (Å²) in [5, 5.41) is 3.93. The van der Waals surface area contributed by atoms with Crippen LogP contribution in [0.15, 0.2) is 40.9 Å². The van der Waals surface area contributed by atoms with Gasteiger partial charge in [-0.1, -0.05) is 42.4 Å². The highest BCUT2D eigenvalue weighted by Gasteiger charge is 2.34. The minimum atomic E-state index is -0.153. The Balaban J connectivity index is 1.39. The molecule has 0 aliphatic carbocycles. The van der Waals surface area contributed by atoms with E-state index in [9.17, 15) is 9.59 Å². The first-order chi connectivity index (χ1) is 16.0. The van der Waals surface area contributed by atoms with E-state index in [1.54, 1.807) is 15.9 Å². The lowest BCUT2D eigenvalue weighted by Crippen LogP contribution is -2.36. The minimum absolute atomic E-state index is 0.0159. The molecule has 170 valence electrons. The van der Waals surface area contributed by atoms with Crippen LogP contribution in [0.3, 0.4) is 0 Å². The van der Waals surface area contributed by atoms with Gasteiger partial charge in [0.15, 0.2) is 0 Å². The maximum absolute atomic E-state index is 12.8. The number of carbonyl (C=O) groups excluding carboxylic acids is 2. The summed E-state index contributed by atoms with van der Waals surface area (Å²) in [4.78, 5) is 38.9. The SMILES string of the molecule is CCc1cc(C(=O)N2CCC(c3nc(C)c4c(n3)N(Cc3ccccc3)C(=O)CC4)C2)on1. The van der Waals surface area contributed by atoms with E-state index in [1.807, 2.05) is 44.2 Å². The zero-order chi connectivity index (χ0) is 22.9. The predicted molar refractivity (Wildman–Crippen MR) is 122 cm³/mol. The maximum atomic E-state index is 12.8. The highest BCUT2D eigenvalue weighted by atomic mass is 16.5. The molecule has 5 rings (SSSR count). The van der Waals surface area contributed by atoms with Crippen LogP contribution in [0.25, 0.3) is 0 Å². The molecule has 4 heterocycles. The van der Waals surface area contributed by atoms with Crippen LogP contribution in [0, 0.1) is 6.92 Å². The molecule has 1 saturated heterocycles. The number of hydrogen-bond acceptors (Lipinski definition) is 6. The van der Waals surface area contributed by atoms with E-state index in [2.05, 4.69) is 5.16 Å². The number of rotatable bonds is 5. The Kier molecular flexibility index (Phi) is 5.66. The first-order valence-corrected chi connectivity index (χ1v) is 11.5. The topological polar surface area (TPSA) is 92.4 Å². The number of nitrogens with zero attached hydrogens (tertiary/aromatic N) is 5. The van der Waals surface area contributed by atoms with Gasteiger partial charge >= 0.3 is 0 Å². The Bertz CT molecular complexity index is 1190. The molecule has 2 aliphatic rings. The van der Waals surface area contributed by atoms with Crippen molar-refractivity contribution in [2.75, 3.05) is 18.0 Å². The summed E-state index contributed by atoms with van der Waals surface area (Å²) in [5.41, 5.74) is 3.78. The van der Waals surface area contributed by atoms with E-state index in [0.717, 1.165) is 35.4 Å². The third-order valence-corrected chi connectivity index (χ3v) is 6.51. The number of benzene rings is 1. The molecule has 0 saturated carbocycles. The van der Waals surface area contributed by atoms with Gasteiger partial charge in [0, 0.05) is 42.8 Å². The minimum Gasteiger partial charge on any atom is -0.351 e. The third-order valence-electron chi connectivity index (χ3n) is 6.51. The van der Waals surface area contributed by atoms with Gasteiger partial charge in [-0.3, -0.25) is 14.5 Å². The van der Waals surface area contributed by atoms with Crippen LogP contribution in [-0.4, -0.2) is 44.9 Å². The Morgan fingerprint density at radius 1 is 1.18 bits per heavy atom. The number of aryl methyl sites for hydroxylation is 2. The second kappa shape index (κ2) is 8.77. The van der Waals surface area contributed by atoms with E-state index < -0.39 is 0 Å². The number of likely N-dealkylation sites (tertiary alicyclic amines) is 1. The van der Waals surface area contributed by atoms with E-state index in [0.29, 0.717) is 44.1 Å². The number of anilines is 1. The fourth-order valence-corrected chi connectivity index (χ4v) is 4.61. The van der Waals surface area contributed by atoms with Gasteiger partial charge in [0.2, 0.25) is 11.7 Å². The normalized spacial score (nSPS) is 18.0. The predicted octanol–water partition coefficient (Wildman–Crippen LogP) is 3.44. The number of fused-ring (bicyclic) bond motifs is 1. The molecule has 1 aromatic carbocycles. The number of amides is 2. The summed E-state index contributed by atoms with van der Waals surface area (Å²) in [5.74, 6) is 1.62. The van der Waals surface area contributed by atoms with E-state index in [-0.39, 0.29) is 23.5 Å². The molecule has 2 aliphatic heterocycles. The molecule has 3 aromatic rings. The van der Waals surface area contributed by atoms with Crippen LogP contribution in [-0.2, 0) is 24.2 Å². The van der Waals surface area contributed by atoms with Crippen molar-refractivity contribution in [2.45, 2.75) is 52.0 Å². The fourth-order valence-electron chi connectivity index (χ4n) is 4.61. The average molecular weight is 446 g/mol. The number of carbonyl (C=O) groups is 2. The first-order valence-electron chi connectivity index (χ1n) is 11.5. The van der Waals surface area contributed by atoms with E-state index >= 15 is 0 Å². The number of aromatic nitrogens is 3. The van der Waals surface area contributed by atoms with Crippen LogP contribution < -0.4 is 4.90 Å². The van der Waals surface area contributed by atoms with Gasteiger partial charge in [-0.05, 0) is 31.7 Å². The highest BCUT2D eigenvalue weighted by Crippen LogP contribution is 2.33. The van der Waals surface area contributed by atoms with Gasteiger partial charge in [-0.25, -0.2) is 9.97 Å². The van der Waals surface area contributed by atoms with Crippen molar-refractivity contribution in [1.82, 2.24) is 20.0 Å². The number of hydrogen-bond donors (Lipinski definition) is 0. The molecule has 0 bridgehead atoms. The van der Waals surface area contributed by atoms with Crippen LogP contribution in [0.5, 0.6) is 0 Å². The molecule has 8 nitrogen and oxygen atoms in total. The summed E-state index contributed by atoms with van der Waals surface area (Å²) >= 11 is 0. The van der Waals surface area contributed by atoms with Gasteiger partial charge in [0.25, 0.3) is 5.91 Å². The van der Waals surface area contributed by atoms with Gasteiger partial charge in [-0.15, -0.1) is 0 Å². The fraction of sp³-hybridized carbons (Fsp3) is 0.400. The summed E-state index contributed by atoms with van der Waals surface area (Å²) < 4.78 is 5.23. The molecule has 0 spiro atoms. The van der Waals surface area contributed by atoms with Crippen molar-refractivity contribution < 1.29 is 14.1 Å². The summed E-state index contributed by atoms with van der Waals surface area (Å²) in [6.45, 7) is 5.57. The van der Waals surface area contributed by atoms with Crippen LogP contribution in [0.2, 0.25) is 0 Å². The van der Waals surface area contributed by atoms with Gasteiger partial charge in [0.1, 0.15) is 11.6 Å². The van der Waals surface area contributed by atoms with Crippen LogP contribution >= 0.6 is 0 Å².